The second-order valence-corrected chi connectivity index (χ2v) is 10.6. The van der Waals surface area contributed by atoms with E-state index >= 15 is 0 Å². The Kier molecular flexibility index (Phi) is 6.50. The predicted molar refractivity (Wildman–Crippen MR) is 125 cm³/mol. The highest BCUT2D eigenvalue weighted by Gasteiger charge is 2.35. The number of nitrogens with zero attached hydrogens (tertiary/aromatic N) is 2. The number of benzene rings is 2. The van der Waals surface area contributed by atoms with Gasteiger partial charge in [-0.05, 0) is 12.8 Å². The lowest BCUT2D eigenvalue weighted by molar-refractivity contribution is -0.120. The molecule has 4 rings (SSSR count). The molecule has 1 amide bonds. The molecule has 166 valence electrons. The summed E-state index contributed by atoms with van der Waals surface area (Å²) in [5.74, 6) is -0.611. The molecule has 1 aromatic heterocycles. The van der Waals surface area contributed by atoms with Crippen molar-refractivity contribution in [2.75, 3.05) is 18.1 Å². The van der Waals surface area contributed by atoms with Gasteiger partial charge in [-0.2, -0.15) is 4.31 Å². The van der Waals surface area contributed by atoms with E-state index in [2.05, 4.69) is 10.3 Å². The molecule has 2 aromatic carbocycles. The normalized spacial score (nSPS) is 17.1. The summed E-state index contributed by atoms with van der Waals surface area (Å²) in [4.78, 5) is 31.1. The molecule has 0 bridgehead atoms. The molecule has 7 nitrogen and oxygen atoms in total. The standard InChI is InChI=1S/C23H23N3O4S2/c1-32(29,30)26-15-9-8-14-18(26)22(28)25-23-24-19(16-10-4-2-5-11-16)21(31-23)20(27)17-12-6-3-7-13-17/h2-7,10-13,18H,8-9,14-15H2,1H3,(H,24,25,28). The molecule has 32 heavy (non-hydrogen) atoms. The third-order valence-corrected chi connectivity index (χ3v) is 7.59. The van der Waals surface area contributed by atoms with Crippen molar-refractivity contribution in [1.29, 1.82) is 0 Å². The van der Waals surface area contributed by atoms with Crippen LogP contribution in [0.15, 0.2) is 60.7 Å². The zero-order valence-corrected chi connectivity index (χ0v) is 19.2. The van der Waals surface area contributed by atoms with Crippen molar-refractivity contribution in [3.8, 4) is 11.3 Å². The zero-order chi connectivity index (χ0) is 22.7. The van der Waals surface area contributed by atoms with Gasteiger partial charge in [0.2, 0.25) is 21.7 Å². The van der Waals surface area contributed by atoms with Crippen molar-refractivity contribution in [1.82, 2.24) is 9.29 Å². The number of hydrogen-bond acceptors (Lipinski definition) is 6. The molecule has 0 spiro atoms. The molecule has 1 saturated heterocycles. The van der Waals surface area contributed by atoms with E-state index in [0.717, 1.165) is 36.0 Å². The number of anilines is 1. The van der Waals surface area contributed by atoms with E-state index < -0.39 is 22.0 Å². The van der Waals surface area contributed by atoms with Crippen LogP contribution in [0.2, 0.25) is 0 Å². The molecule has 1 atom stereocenters. The van der Waals surface area contributed by atoms with Gasteiger partial charge in [-0.1, -0.05) is 78.4 Å². The van der Waals surface area contributed by atoms with E-state index in [1.54, 1.807) is 24.3 Å². The van der Waals surface area contributed by atoms with Crippen molar-refractivity contribution >= 4 is 38.2 Å². The van der Waals surface area contributed by atoms with Gasteiger partial charge in [0.1, 0.15) is 10.9 Å². The van der Waals surface area contributed by atoms with Gasteiger partial charge in [-0.25, -0.2) is 13.4 Å². The van der Waals surface area contributed by atoms with Crippen LogP contribution in [-0.2, 0) is 14.8 Å². The summed E-state index contributed by atoms with van der Waals surface area (Å²) in [6, 6.07) is 17.4. The van der Waals surface area contributed by atoms with Gasteiger partial charge in [-0.3, -0.25) is 9.59 Å². The molecule has 2 heterocycles. The van der Waals surface area contributed by atoms with Crippen molar-refractivity contribution in [3.63, 3.8) is 0 Å². The number of sulfonamides is 1. The molecule has 3 aromatic rings. The first-order valence-corrected chi connectivity index (χ1v) is 12.9. The Labute approximate surface area is 191 Å². The summed E-state index contributed by atoms with van der Waals surface area (Å²) in [6.07, 6.45) is 3.06. The molecule has 1 aliphatic heterocycles. The minimum absolute atomic E-state index is 0.183. The highest BCUT2D eigenvalue weighted by atomic mass is 32.2. The summed E-state index contributed by atoms with van der Waals surface area (Å²) in [7, 11) is -3.51. The molecule has 1 fully saturated rings. The maximum atomic E-state index is 13.2. The lowest BCUT2D eigenvalue weighted by Gasteiger charge is -2.32. The first-order valence-electron chi connectivity index (χ1n) is 10.3. The van der Waals surface area contributed by atoms with Crippen LogP contribution in [0.1, 0.15) is 34.5 Å². The highest BCUT2D eigenvalue weighted by molar-refractivity contribution is 7.88. The maximum absolute atomic E-state index is 13.2. The molecule has 1 N–H and O–H groups in total. The first-order chi connectivity index (χ1) is 15.3. The van der Waals surface area contributed by atoms with Gasteiger partial charge in [0.05, 0.1) is 11.9 Å². The third-order valence-electron chi connectivity index (χ3n) is 5.33. The number of rotatable bonds is 6. The van der Waals surface area contributed by atoms with Crippen LogP contribution < -0.4 is 5.32 Å². The van der Waals surface area contributed by atoms with Crippen LogP contribution >= 0.6 is 11.3 Å². The number of aromatic nitrogens is 1. The van der Waals surface area contributed by atoms with E-state index in [1.165, 1.54) is 4.31 Å². The number of thiazole rings is 1. The predicted octanol–water partition coefficient (Wildman–Crippen LogP) is 3.79. The second-order valence-electron chi connectivity index (χ2n) is 7.63. The number of carbonyl (C=O) groups excluding carboxylic acids is 2. The Morgan fingerprint density at radius 1 is 1.03 bits per heavy atom. The molecule has 0 saturated carbocycles. The van der Waals surface area contributed by atoms with Gasteiger partial charge < -0.3 is 5.32 Å². The SMILES string of the molecule is CS(=O)(=O)N1CCCCC1C(=O)Nc1nc(-c2ccccc2)c(C(=O)c2ccccc2)s1. The quantitative estimate of drug-likeness (QED) is 0.554. The van der Waals surface area contributed by atoms with Gasteiger partial charge in [0.25, 0.3) is 0 Å². The summed E-state index contributed by atoms with van der Waals surface area (Å²) >= 11 is 1.10. The Hall–Kier alpha value is -2.88. The van der Waals surface area contributed by atoms with Crippen LogP contribution in [0, 0.1) is 0 Å². The van der Waals surface area contributed by atoms with Gasteiger partial charge in [-0.15, -0.1) is 0 Å². The van der Waals surface area contributed by atoms with E-state index in [1.807, 2.05) is 36.4 Å². The number of carbonyl (C=O) groups is 2. The fourth-order valence-electron chi connectivity index (χ4n) is 3.79. The van der Waals surface area contributed by atoms with E-state index in [9.17, 15) is 18.0 Å². The molecule has 9 heteroatoms. The summed E-state index contributed by atoms with van der Waals surface area (Å²) < 4.78 is 25.5. The molecule has 1 aliphatic rings. The molecular formula is C23H23N3O4S2. The minimum Gasteiger partial charge on any atom is -0.301 e. The molecular weight excluding hydrogens is 446 g/mol. The monoisotopic (exact) mass is 469 g/mol. The number of piperidine rings is 1. The van der Waals surface area contributed by atoms with Crippen LogP contribution in [0.4, 0.5) is 5.13 Å². The van der Waals surface area contributed by atoms with E-state index in [0.29, 0.717) is 29.1 Å². The van der Waals surface area contributed by atoms with E-state index in [4.69, 9.17) is 0 Å². The van der Waals surface area contributed by atoms with Crippen LogP contribution in [-0.4, -0.2) is 48.2 Å². The van der Waals surface area contributed by atoms with Gasteiger partial charge in [0, 0.05) is 17.7 Å². The first kappa shape index (κ1) is 22.3. The third kappa shape index (κ3) is 4.79. The largest absolute Gasteiger partial charge is 0.301 e. The number of nitrogens with one attached hydrogen (secondary N) is 1. The summed E-state index contributed by atoms with van der Waals surface area (Å²) in [5.41, 5.74) is 1.78. The average Bonchev–Trinajstić information content (AvgIpc) is 3.23. The highest BCUT2D eigenvalue weighted by Crippen LogP contribution is 2.33. The average molecular weight is 470 g/mol. The van der Waals surface area contributed by atoms with Crippen molar-refractivity contribution < 1.29 is 18.0 Å². The Bertz CT molecular complexity index is 1220. The fourth-order valence-corrected chi connectivity index (χ4v) is 5.87. The van der Waals surface area contributed by atoms with Gasteiger partial charge >= 0.3 is 0 Å². The van der Waals surface area contributed by atoms with Crippen molar-refractivity contribution in [2.24, 2.45) is 0 Å². The number of hydrogen-bond donors (Lipinski definition) is 1. The van der Waals surface area contributed by atoms with Crippen LogP contribution in [0.5, 0.6) is 0 Å². The minimum atomic E-state index is -3.51. The Morgan fingerprint density at radius 3 is 2.34 bits per heavy atom. The van der Waals surface area contributed by atoms with Gasteiger partial charge in [0.15, 0.2) is 5.13 Å². The van der Waals surface area contributed by atoms with Crippen molar-refractivity contribution in [3.05, 3.63) is 71.1 Å². The molecule has 1 unspecified atom stereocenters. The summed E-state index contributed by atoms with van der Waals surface area (Å²) in [5, 5.41) is 3.03. The maximum Gasteiger partial charge on any atom is 0.244 e. The fraction of sp³-hybridized carbons (Fsp3) is 0.261. The van der Waals surface area contributed by atoms with Crippen LogP contribution in [0.25, 0.3) is 11.3 Å². The lowest BCUT2D eigenvalue weighted by atomic mass is 10.0. The molecule has 0 radical (unpaired) electrons. The lowest BCUT2D eigenvalue weighted by Crippen LogP contribution is -2.49. The number of amides is 1. The van der Waals surface area contributed by atoms with Crippen LogP contribution in [0.3, 0.4) is 0 Å². The Balaban J connectivity index is 1.67. The summed E-state index contributed by atoms with van der Waals surface area (Å²) in [6.45, 7) is 0.321. The topological polar surface area (TPSA) is 96.4 Å². The van der Waals surface area contributed by atoms with E-state index in [-0.39, 0.29) is 10.9 Å². The number of ketones is 1. The second kappa shape index (κ2) is 9.32. The Morgan fingerprint density at radius 2 is 1.69 bits per heavy atom. The smallest absolute Gasteiger partial charge is 0.244 e. The van der Waals surface area contributed by atoms with Crippen molar-refractivity contribution in [2.45, 2.75) is 25.3 Å². The molecule has 0 aliphatic carbocycles. The zero-order valence-electron chi connectivity index (χ0n) is 17.5.